The molecule has 2 unspecified atom stereocenters. The Hall–Kier alpha value is -0.120. The van der Waals surface area contributed by atoms with Crippen LogP contribution in [0.15, 0.2) is 0 Å². The van der Waals surface area contributed by atoms with Crippen molar-refractivity contribution >= 4 is 0 Å². The molecule has 3 nitrogen and oxygen atoms in total. The molecular formula is C8H14O3. The number of methoxy groups -OCH3 is 2. The summed E-state index contributed by atoms with van der Waals surface area (Å²) in [5.74, 6) is 0.405. The van der Waals surface area contributed by atoms with Gasteiger partial charge in [-0.25, -0.2) is 0 Å². The van der Waals surface area contributed by atoms with Crippen molar-refractivity contribution in [1.29, 1.82) is 0 Å². The summed E-state index contributed by atoms with van der Waals surface area (Å²) < 4.78 is 10.5. The van der Waals surface area contributed by atoms with Gasteiger partial charge in [-0.2, -0.15) is 0 Å². The van der Waals surface area contributed by atoms with Crippen LogP contribution in [-0.2, 0) is 9.47 Å². The number of aliphatic hydroxyl groups excluding tert-OH is 1. The maximum atomic E-state index is 9.59. The van der Waals surface area contributed by atoms with E-state index in [4.69, 9.17) is 9.47 Å². The molecule has 11 heavy (non-hydrogen) atoms. The molecule has 0 amide bonds. The van der Waals surface area contributed by atoms with Crippen LogP contribution in [0.1, 0.15) is 12.8 Å². The fourth-order valence-corrected chi connectivity index (χ4v) is 2.36. The Morgan fingerprint density at radius 1 is 1.27 bits per heavy atom. The molecule has 3 heteroatoms. The molecule has 2 rings (SSSR count). The molecule has 0 spiro atoms. The topological polar surface area (TPSA) is 38.7 Å². The van der Waals surface area contributed by atoms with Crippen LogP contribution in [0.5, 0.6) is 0 Å². The maximum Gasteiger partial charge on any atom is 0.197 e. The van der Waals surface area contributed by atoms with Gasteiger partial charge in [0, 0.05) is 20.1 Å². The fourth-order valence-electron chi connectivity index (χ4n) is 2.36. The predicted octanol–water partition coefficient (Wildman–Crippen LogP) is 0.376. The zero-order valence-electron chi connectivity index (χ0n) is 6.91. The second-order valence-corrected chi connectivity index (χ2v) is 3.48. The van der Waals surface area contributed by atoms with Gasteiger partial charge in [0.05, 0.1) is 0 Å². The second kappa shape index (κ2) is 2.19. The molecule has 0 heterocycles. The summed E-state index contributed by atoms with van der Waals surface area (Å²) >= 11 is 0. The van der Waals surface area contributed by atoms with Crippen LogP contribution in [0.3, 0.4) is 0 Å². The average Bonchev–Trinajstić information content (AvgIpc) is 2.68. The van der Waals surface area contributed by atoms with E-state index in [2.05, 4.69) is 0 Å². The molecule has 0 bridgehead atoms. The number of aliphatic hydroxyl groups is 1. The second-order valence-electron chi connectivity index (χ2n) is 3.48. The molecule has 2 fully saturated rings. The third kappa shape index (κ3) is 0.789. The van der Waals surface area contributed by atoms with Gasteiger partial charge in [-0.15, -0.1) is 0 Å². The monoisotopic (exact) mass is 158 g/mol. The summed E-state index contributed by atoms with van der Waals surface area (Å²) in [5, 5.41) is 9.59. The van der Waals surface area contributed by atoms with Gasteiger partial charge in [-0.1, -0.05) is 0 Å². The lowest BCUT2D eigenvalue weighted by atomic mass is 10.1. The highest BCUT2D eigenvalue weighted by Crippen LogP contribution is 2.59. The smallest absolute Gasteiger partial charge is 0.197 e. The molecule has 0 aromatic carbocycles. The predicted molar refractivity (Wildman–Crippen MR) is 39.0 cm³/mol. The minimum absolute atomic E-state index is 0.429. The molecule has 3 atom stereocenters. The minimum Gasteiger partial charge on any atom is -0.387 e. The largest absolute Gasteiger partial charge is 0.387 e. The molecule has 64 valence electrons. The molecule has 2 aliphatic rings. The van der Waals surface area contributed by atoms with E-state index in [0.29, 0.717) is 11.8 Å². The van der Waals surface area contributed by atoms with Gasteiger partial charge >= 0.3 is 0 Å². The van der Waals surface area contributed by atoms with Crippen molar-refractivity contribution in [1.82, 2.24) is 0 Å². The lowest BCUT2D eigenvalue weighted by Crippen LogP contribution is -2.44. The summed E-state index contributed by atoms with van der Waals surface area (Å²) in [4.78, 5) is 0. The van der Waals surface area contributed by atoms with Crippen LogP contribution >= 0.6 is 0 Å². The Morgan fingerprint density at radius 3 is 2.18 bits per heavy atom. The molecule has 0 aromatic heterocycles. The average molecular weight is 158 g/mol. The highest BCUT2D eigenvalue weighted by atomic mass is 16.7. The van der Waals surface area contributed by atoms with Gasteiger partial charge in [-0.05, 0) is 18.8 Å². The fraction of sp³-hybridized carbons (Fsp3) is 1.00. The van der Waals surface area contributed by atoms with E-state index in [1.54, 1.807) is 14.2 Å². The van der Waals surface area contributed by atoms with Gasteiger partial charge in [-0.3, -0.25) is 0 Å². The van der Waals surface area contributed by atoms with Gasteiger partial charge in [0.1, 0.15) is 6.10 Å². The summed E-state index contributed by atoms with van der Waals surface area (Å²) in [6.07, 6.45) is 1.56. The Morgan fingerprint density at radius 2 is 1.91 bits per heavy atom. The maximum absolute atomic E-state index is 9.59. The number of ether oxygens (including phenoxy) is 2. The third-order valence-electron chi connectivity index (χ3n) is 3.07. The van der Waals surface area contributed by atoms with E-state index in [0.717, 1.165) is 12.8 Å². The quantitative estimate of drug-likeness (QED) is 0.590. The number of rotatable bonds is 2. The van der Waals surface area contributed by atoms with Crippen LogP contribution in [0.4, 0.5) is 0 Å². The standard InChI is InChI=1S/C8H14O3/c1-10-8(11-2)6-3-5(6)4-7(8)9/h5-7,9H,3-4H2,1-2H3/t5-,6?,7?/m1/s1. The first kappa shape index (κ1) is 7.53. The Balaban J connectivity index is 2.19. The van der Waals surface area contributed by atoms with Crippen molar-refractivity contribution in [3.8, 4) is 0 Å². The van der Waals surface area contributed by atoms with E-state index in [-0.39, 0.29) is 0 Å². The summed E-state index contributed by atoms with van der Waals surface area (Å²) in [6, 6.07) is 0. The van der Waals surface area contributed by atoms with Crippen LogP contribution in [-0.4, -0.2) is 31.2 Å². The van der Waals surface area contributed by atoms with Crippen molar-refractivity contribution in [2.45, 2.75) is 24.7 Å². The van der Waals surface area contributed by atoms with Crippen molar-refractivity contribution < 1.29 is 14.6 Å². The van der Waals surface area contributed by atoms with E-state index in [1.165, 1.54) is 0 Å². The van der Waals surface area contributed by atoms with Gasteiger partial charge in [0.15, 0.2) is 5.79 Å². The Kier molecular flexibility index (Phi) is 1.50. The highest BCUT2D eigenvalue weighted by molar-refractivity contribution is 5.08. The molecule has 2 aliphatic carbocycles. The highest BCUT2D eigenvalue weighted by Gasteiger charge is 2.64. The zero-order valence-corrected chi connectivity index (χ0v) is 6.91. The van der Waals surface area contributed by atoms with Crippen molar-refractivity contribution in [2.24, 2.45) is 11.8 Å². The lowest BCUT2D eigenvalue weighted by Gasteiger charge is -2.31. The van der Waals surface area contributed by atoms with Crippen LogP contribution in [0.25, 0.3) is 0 Å². The number of hydrogen-bond acceptors (Lipinski definition) is 3. The van der Waals surface area contributed by atoms with Crippen molar-refractivity contribution in [3.05, 3.63) is 0 Å². The normalized spacial score (nSPS) is 45.5. The molecular weight excluding hydrogens is 144 g/mol. The first-order valence-corrected chi connectivity index (χ1v) is 4.03. The van der Waals surface area contributed by atoms with Crippen LogP contribution in [0.2, 0.25) is 0 Å². The number of hydrogen-bond donors (Lipinski definition) is 1. The third-order valence-corrected chi connectivity index (χ3v) is 3.07. The molecule has 0 radical (unpaired) electrons. The number of fused-ring (bicyclic) bond motifs is 1. The molecule has 0 aliphatic heterocycles. The van der Waals surface area contributed by atoms with Crippen LogP contribution in [0, 0.1) is 11.8 Å². The zero-order chi connectivity index (χ0) is 8.06. The SMILES string of the molecule is COC1(OC)C(O)C[C@H]2CC21. The molecule has 0 saturated heterocycles. The molecule has 0 aromatic rings. The molecule has 2 saturated carbocycles. The van der Waals surface area contributed by atoms with Gasteiger partial charge in [0.2, 0.25) is 0 Å². The first-order chi connectivity index (χ1) is 5.24. The summed E-state index contributed by atoms with van der Waals surface area (Å²) in [6.45, 7) is 0. The summed E-state index contributed by atoms with van der Waals surface area (Å²) in [7, 11) is 3.21. The molecule has 1 N–H and O–H groups in total. The lowest BCUT2D eigenvalue weighted by molar-refractivity contribution is -0.259. The first-order valence-electron chi connectivity index (χ1n) is 4.03. The van der Waals surface area contributed by atoms with Crippen molar-refractivity contribution in [3.63, 3.8) is 0 Å². The van der Waals surface area contributed by atoms with Gasteiger partial charge in [0.25, 0.3) is 0 Å². The van der Waals surface area contributed by atoms with E-state index in [1.807, 2.05) is 0 Å². The Labute approximate surface area is 66.3 Å². The van der Waals surface area contributed by atoms with E-state index in [9.17, 15) is 5.11 Å². The van der Waals surface area contributed by atoms with E-state index >= 15 is 0 Å². The minimum atomic E-state index is -0.676. The Bertz CT molecular complexity index is 161. The van der Waals surface area contributed by atoms with Gasteiger partial charge < -0.3 is 14.6 Å². The van der Waals surface area contributed by atoms with Crippen molar-refractivity contribution in [2.75, 3.05) is 14.2 Å². The summed E-state index contributed by atoms with van der Waals surface area (Å²) in [5.41, 5.74) is 0. The van der Waals surface area contributed by atoms with E-state index < -0.39 is 11.9 Å². The van der Waals surface area contributed by atoms with Crippen LogP contribution < -0.4 is 0 Å².